The largest absolute Gasteiger partial charge is 0.444 e. The molecule has 1 heterocycles. The molecular weight excluding hydrogens is 314 g/mol. The van der Waals surface area contributed by atoms with Gasteiger partial charge in [-0.05, 0) is 54.1 Å². The maximum Gasteiger partial charge on any atom is 0.181 e. The monoisotopic (exact) mass is 343 g/mol. The van der Waals surface area contributed by atoms with Gasteiger partial charge in [-0.1, -0.05) is 51.0 Å². The van der Waals surface area contributed by atoms with Gasteiger partial charge < -0.3 is 4.42 Å². The molecule has 0 N–H and O–H groups in total. The van der Waals surface area contributed by atoms with Crippen LogP contribution >= 0.6 is 11.8 Å². The van der Waals surface area contributed by atoms with Crippen LogP contribution in [-0.4, -0.2) is 16.0 Å². The highest BCUT2D eigenvalue weighted by Gasteiger charge is 2.21. The zero-order valence-corrected chi connectivity index (χ0v) is 15.7. The number of oxazole rings is 1. The van der Waals surface area contributed by atoms with E-state index in [4.69, 9.17) is 4.42 Å². The van der Waals surface area contributed by atoms with Crippen molar-refractivity contribution in [3.63, 3.8) is 0 Å². The van der Waals surface area contributed by atoms with Crippen molar-refractivity contribution in [1.82, 2.24) is 4.98 Å². The number of aromatic nitrogens is 1. The van der Waals surface area contributed by atoms with Crippen molar-refractivity contribution < 1.29 is 4.42 Å². The average Bonchev–Trinajstić information content (AvgIpc) is 3.14. The van der Waals surface area contributed by atoms with E-state index in [-0.39, 0.29) is 0 Å². The van der Waals surface area contributed by atoms with Crippen LogP contribution in [0.2, 0.25) is 0 Å². The van der Waals surface area contributed by atoms with Crippen molar-refractivity contribution >= 4 is 11.8 Å². The molecule has 1 saturated carbocycles. The van der Waals surface area contributed by atoms with Crippen molar-refractivity contribution in [2.75, 3.05) is 5.75 Å². The Morgan fingerprint density at radius 1 is 1.08 bits per heavy atom. The number of thioether (sulfide) groups is 1. The molecule has 2 aromatic rings. The number of hydrogen-bond donors (Lipinski definition) is 0. The number of nitrogens with zero attached hydrogens (tertiary/aromatic N) is 1. The van der Waals surface area contributed by atoms with Gasteiger partial charge in [-0.3, -0.25) is 0 Å². The minimum Gasteiger partial charge on any atom is -0.444 e. The Balaban J connectivity index is 1.40. The summed E-state index contributed by atoms with van der Waals surface area (Å²) < 4.78 is 5.35. The van der Waals surface area contributed by atoms with Gasteiger partial charge in [0, 0.05) is 5.56 Å². The average molecular weight is 344 g/mol. The second-order valence-electron chi connectivity index (χ2n) is 7.37. The first-order chi connectivity index (χ1) is 11.7. The minimum absolute atomic E-state index is 0.780. The standard InChI is InChI=1S/C21H29NOS/c1-16(2)24-14-19-7-5-17(6-8-19)3-4-18-9-11-20(12-10-18)21-13-22-15-23-21/h9-13,15-17,19H,3-8,14H2,1-2H3. The van der Waals surface area contributed by atoms with Crippen LogP contribution in [0, 0.1) is 11.8 Å². The molecule has 0 spiro atoms. The number of hydrogen-bond acceptors (Lipinski definition) is 3. The number of aryl methyl sites for hydroxylation is 1. The van der Waals surface area contributed by atoms with Gasteiger partial charge in [0.1, 0.15) is 0 Å². The molecule has 1 aromatic carbocycles. The second kappa shape index (κ2) is 8.75. The van der Waals surface area contributed by atoms with E-state index >= 15 is 0 Å². The van der Waals surface area contributed by atoms with Gasteiger partial charge in [0.05, 0.1) is 6.20 Å². The van der Waals surface area contributed by atoms with Crippen molar-refractivity contribution in [2.45, 2.75) is 57.6 Å². The first kappa shape index (κ1) is 17.6. The molecule has 24 heavy (non-hydrogen) atoms. The van der Waals surface area contributed by atoms with E-state index < -0.39 is 0 Å². The molecule has 2 nitrogen and oxygen atoms in total. The molecule has 1 aliphatic carbocycles. The van der Waals surface area contributed by atoms with Gasteiger partial charge in [-0.25, -0.2) is 4.98 Å². The zero-order valence-electron chi connectivity index (χ0n) is 14.9. The van der Waals surface area contributed by atoms with Crippen LogP contribution in [0.25, 0.3) is 11.3 Å². The van der Waals surface area contributed by atoms with E-state index in [0.29, 0.717) is 0 Å². The molecule has 1 aromatic heterocycles. The molecule has 1 fully saturated rings. The summed E-state index contributed by atoms with van der Waals surface area (Å²) in [4.78, 5) is 3.98. The molecule has 0 aliphatic heterocycles. The zero-order chi connectivity index (χ0) is 16.8. The van der Waals surface area contributed by atoms with E-state index in [1.165, 1.54) is 56.2 Å². The topological polar surface area (TPSA) is 26.0 Å². The predicted molar refractivity (Wildman–Crippen MR) is 103 cm³/mol. The van der Waals surface area contributed by atoms with Crippen LogP contribution in [0.4, 0.5) is 0 Å². The summed E-state index contributed by atoms with van der Waals surface area (Å²) in [7, 11) is 0. The fraction of sp³-hybridized carbons (Fsp3) is 0.571. The summed E-state index contributed by atoms with van der Waals surface area (Å²) in [6, 6.07) is 8.78. The molecule has 0 amide bonds. The maximum absolute atomic E-state index is 5.35. The van der Waals surface area contributed by atoms with Crippen LogP contribution in [0.3, 0.4) is 0 Å². The van der Waals surface area contributed by atoms with Crippen molar-refractivity contribution in [2.24, 2.45) is 11.8 Å². The van der Waals surface area contributed by atoms with Crippen LogP contribution < -0.4 is 0 Å². The van der Waals surface area contributed by atoms with Gasteiger partial charge in [0.2, 0.25) is 0 Å². The first-order valence-corrected chi connectivity index (χ1v) is 10.3. The van der Waals surface area contributed by atoms with Crippen LogP contribution in [0.5, 0.6) is 0 Å². The van der Waals surface area contributed by atoms with Gasteiger partial charge in [0.25, 0.3) is 0 Å². The summed E-state index contributed by atoms with van der Waals surface area (Å²) >= 11 is 2.14. The van der Waals surface area contributed by atoms with E-state index in [1.807, 2.05) is 0 Å². The molecule has 3 rings (SSSR count). The lowest BCUT2D eigenvalue weighted by Crippen LogP contribution is -2.17. The summed E-state index contributed by atoms with van der Waals surface area (Å²) in [5.74, 6) is 4.11. The highest BCUT2D eigenvalue weighted by Crippen LogP contribution is 2.34. The highest BCUT2D eigenvalue weighted by atomic mass is 32.2. The molecule has 0 atom stereocenters. The molecule has 0 bridgehead atoms. The summed E-state index contributed by atoms with van der Waals surface area (Å²) in [5, 5.41) is 0.780. The van der Waals surface area contributed by atoms with Crippen LogP contribution in [0.15, 0.2) is 41.3 Å². The molecule has 0 unspecified atom stereocenters. The highest BCUT2D eigenvalue weighted by molar-refractivity contribution is 7.99. The number of benzene rings is 1. The minimum atomic E-state index is 0.780. The van der Waals surface area contributed by atoms with Crippen molar-refractivity contribution in [3.8, 4) is 11.3 Å². The SMILES string of the molecule is CC(C)SCC1CCC(CCc2ccc(-c3cnco3)cc2)CC1. The third-order valence-electron chi connectivity index (χ3n) is 5.14. The predicted octanol–water partition coefficient (Wildman–Crippen LogP) is 6.22. The Kier molecular flexibility index (Phi) is 6.42. The van der Waals surface area contributed by atoms with Crippen LogP contribution in [0.1, 0.15) is 51.5 Å². The molecule has 130 valence electrons. The molecular formula is C21H29NOS. The van der Waals surface area contributed by atoms with E-state index in [0.717, 1.165) is 28.4 Å². The molecule has 3 heteroatoms. The Bertz CT molecular complexity index is 583. The van der Waals surface area contributed by atoms with E-state index in [2.05, 4.69) is 54.9 Å². The Morgan fingerprint density at radius 2 is 1.79 bits per heavy atom. The molecule has 0 saturated heterocycles. The maximum atomic E-state index is 5.35. The number of rotatable bonds is 7. The van der Waals surface area contributed by atoms with E-state index in [9.17, 15) is 0 Å². The third-order valence-corrected chi connectivity index (χ3v) is 6.47. The Labute approximate surface area is 150 Å². The van der Waals surface area contributed by atoms with Crippen LogP contribution in [-0.2, 0) is 6.42 Å². The van der Waals surface area contributed by atoms with Gasteiger partial charge >= 0.3 is 0 Å². The quantitative estimate of drug-likeness (QED) is 0.596. The lowest BCUT2D eigenvalue weighted by atomic mass is 9.80. The van der Waals surface area contributed by atoms with Gasteiger partial charge in [-0.15, -0.1) is 0 Å². The van der Waals surface area contributed by atoms with Crippen molar-refractivity contribution in [1.29, 1.82) is 0 Å². The fourth-order valence-electron chi connectivity index (χ4n) is 3.58. The van der Waals surface area contributed by atoms with E-state index in [1.54, 1.807) is 6.20 Å². The second-order valence-corrected chi connectivity index (χ2v) is 8.98. The normalized spacial score (nSPS) is 21.3. The van der Waals surface area contributed by atoms with Crippen molar-refractivity contribution in [3.05, 3.63) is 42.4 Å². The molecule has 1 aliphatic rings. The summed E-state index contributed by atoms with van der Waals surface area (Å²) in [6.07, 6.45) is 11.5. The van der Waals surface area contributed by atoms with Gasteiger partial charge in [0.15, 0.2) is 12.2 Å². The third kappa shape index (κ3) is 5.14. The first-order valence-electron chi connectivity index (χ1n) is 9.30. The Hall–Kier alpha value is -1.22. The Morgan fingerprint density at radius 3 is 2.42 bits per heavy atom. The lowest BCUT2D eigenvalue weighted by molar-refractivity contribution is 0.281. The lowest BCUT2D eigenvalue weighted by Gasteiger charge is -2.28. The summed E-state index contributed by atoms with van der Waals surface area (Å²) in [6.45, 7) is 4.62. The fourth-order valence-corrected chi connectivity index (χ4v) is 4.57. The summed E-state index contributed by atoms with van der Waals surface area (Å²) in [5.41, 5.74) is 2.55. The smallest absolute Gasteiger partial charge is 0.181 e. The molecule has 0 radical (unpaired) electrons. The van der Waals surface area contributed by atoms with Gasteiger partial charge in [-0.2, -0.15) is 11.8 Å².